The van der Waals surface area contributed by atoms with Crippen LogP contribution in [-0.4, -0.2) is 35.3 Å². The van der Waals surface area contributed by atoms with E-state index in [1.807, 2.05) is 12.1 Å². The first-order valence-corrected chi connectivity index (χ1v) is 10.2. The van der Waals surface area contributed by atoms with Crippen molar-refractivity contribution in [3.05, 3.63) is 72.1 Å². The van der Waals surface area contributed by atoms with E-state index in [-0.39, 0.29) is 11.6 Å². The number of ether oxygens (including phenoxy) is 3. The van der Waals surface area contributed by atoms with Crippen LogP contribution in [0.25, 0.3) is 0 Å². The first kappa shape index (κ1) is 23.9. The van der Waals surface area contributed by atoms with E-state index in [9.17, 15) is 13.6 Å². The minimum Gasteiger partial charge on any atom is -0.478 e. The Morgan fingerprint density at radius 3 is 2.55 bits per heavy atom. The van der Waals surface area contributed by atoms with Crippen molar-refractivity contribution in [1.82, 2.24) is 9.97 Å². The Balaban J connectivity index is 2.03. The zero-order valence-corrected chi connectivity index (χ0v) is 18.8. The third-order valence-electron chi connectivity index (χ3n) is 4.35. The minimum absolute atomic E-state index is 0.0905. The molecule has 0 spiro atoms. The number of benzene rings is 1. The Kier molecular flexibility index (Phi) is 7.42. The Bertz CT molecular complexity index is 1090. The van der Waals surface area contributed by atoms with E-state index in [0.717, 1.165) is 5.56 Å². The SMILES string of the molecule is COc1nc(N(Cc2cccnc2)c2cccc(C(=O)OC(C)(C)C)c2)ccc1OC(F)F. The van der Waals surface area contributed by atoms with Gasteiger partial charge in [0.1, 0.15) is 11.4 Å². The van der Waals surface area contributed by atoms with Crippen LogP contribution in [0.1, 0.15) is 36.7 Å². The fraction of sp³-hybridized carbons (Fsp3) is 0.292. The van der Waals surface area contributed by atoms with Gasteiger partial charge in [0.25, 0.3) is 5.88 Å². The van der Waals surface area contributed by atoms with Crippen LogP contribution in [0.2, 0.25) is 0 Å². The second kappa shape index (κ2) is 10.2. The van der Waals surface area contributed by atoms with E-state index < -0.39 is 18.2 Å². The fourth-order valence-electron chi connectivity index (χ4n) is 3.02. The maximum Gasteiger partial charge on any atom is 0.387 e. The van der Waals surface area contributed by atoms with Crippen molar-refractivity contribution in [3.8, 4) is 11.6 Å². The van der Waals surface area contributed by atoms with Crippen LogP contribution >= 0.6 is 0 Å². The molecule has 0 unspecified atom stereocenters. The predicted octanol–water partition coefficient (Wildman–Crippen LogP) is 5.38. The summed E-state index contributed by atoms with van der Waals surface area (Å²) in [5.74, 6) is -0.331. The molecule has 0 aliphatic heterocycles. The number of carbonyl (C=O) groups excluding carboxylic acids is 1. The van der Waals surface area contributed by atoms with Crippen molar-refractivity contribution < 1.29 is 27.8 Å². The number of halogens is 2. The Hall–Kier alpha value is -3.75. The van der Waals surface area contributed by atoms with Gasteiger partial charge >= 0.3 is 12.6 Å². The minimum atomic E-state index is -3.01. The largest absolute Gasteiger partial charge is 0.478 e. The van der Waals surface area contributed by atoms with Crippen molar-refractivity contribution in [3.63, 3.8) is 0 Å². The molecule has 3 rings (SSSR count). The summed E-state index contributed by atoms with van der Waals surface area (Å²) in [4.78, 5) is 22.9. The quantitative estimate of drug-likeness (QED) is 0.421. The number of pyridine rings is 2. The summed E-state index contributed by atoms with van der Waals surface area (Å²) in [5.41, 5.74) is 1.23. The van der Waals surface area contributed by atoms with Gasteiger partial charge in [0.15, 0.2) is 5.75 Å². The number of alkyl halides is 2. The molecule has 7 nitrogen and oxygen atoms in total. The molecule has 9 heteroatoms. The standard InChI is InChI=1S/C24H25F2N3O4/c1-24(2,3)33-22(30)17-8-5-9-18(13-17)29(15-16-7-6-12-27-14-16)20-11-10-19(32-23(25)26)21(28-20)31-4/h5-14,23H,15H2,1-4H3. The average molecular weight is 457 g/mol. The lowest BCUT2D eigenvalue weighted by Crippen LogP contribution is -2.24. The van der Waals surface area contributed by atoms with E-state index in [2.05, 4.69) is 14.7 Å². The lowest BCUT2D eigenvalue weighted by molar-refractivity contribution is -0.0515. The van der Waals surface area contributed by atoms with E-state index >= 15 is 0 Å². The third kappa shape index (κ3) is 6.61. The highest BCUT2D eigenvalue weighted by Crippen LogP contribution is 2.33. The topological polar surface area (TPSA) is 73.8 Å². The smallest absolute Gasteiger partial charge is 0.387 e. The highest BCUT2D eigenvalue weighted by molar-refractivity contribution is 5.91. The number of hydrogen-bond donors (Lipinski definition) is 0. The van der Waals surface area contributed by atoms with E-state index in [1.165, 1.54) is 19.2 Å². The molecule has 0 saturated carbocycles. The van der Waals surface area contributed by atoms with Crippen LogP contribution in [0.15, 0.2) is 60.9 Å². The van der Waals surface area contributed by atoms with Gasteiger partial charge in [0, 0.05) is 18.1 Å². The molecule has 0 fully saturated rings. The van der Waals surface area contributed by atoms with E-state index in [0.29, 0.717) is 23.6 Å². The summed E-state index contributed by atoms with van der Waals surface area (Å²) in [5, 5.41) is 0. The molecule has 0 aliphatic carbocycles. The lowest BCUT2D eigenvalue weighted by atomic mass is 10.1. The van der Waals surface area contributed by atoms with Crippen molar-refractivity contribution >= 4 is 17.5 Å². The van der Waals surface area contributed by atoms with Gasteiger partial charge in [0.2, 0.25) is 0 Å². The van der Waals surface area contributed by atoms with Gasteiger partial charge in [-0.15, -0.1) is 0 Å². The Morgan fingerprint density at radius 2 is 1.91 bits per heavy atom. The average Bonchev–Trinajstić information content (AvgIpc) is 2.77. The maximum atomic E-state index is 12.7. The molecule has 2 aromatic heterocycles. The zero-order valence-electron chi connectivity index (χ0n) is 18.8. The molecule has 33 heavy (non-hydrogen) atoms. The number of methoxy groups -OCH3 is 1. The summed E-state index contributed by atoms with van der Waals surface area (Å²) >= 11 is 0. The number of hydrogen-bond acceptors (Lipinski definition) is 7. The van der Waals surface area contributed by atoms with Crippen molar-refractivity contribution in [1.29, 1.82) is 0 Å². The summed E-state index contributed by atoms with van der Waals surface area (Å²) in [6.07, 6.45) is 3.37. The molecule has 0 bridgehead atoms. The molecule has 0 atom stereocenters. The van der Waals surface area contributed by atoms with Gasteiger partial charge in [-0.3, -0.25) is 4.98 Å². The number of nitrogens with zero attached hydrogens (tertiary/aromatic N) is 3. The number of anilines is 2. The van der Waals surface area contributed by atoms with Crippen LogP contribution in [-0.2, 0) is 11.3 Å². The van der Waals surface area contributed by atoms with Crippen molar-refractivity contribution in [2.45, 2.75) is 39.5 Å². The summed E-state index contributed by atoms with van der Waals surface area (Å²) in [6.45, 7) is 2.72. The highest BCUT2D eigenvalue weighted by Gasteiger charge is 2.21. The molecule has 3 aromatic rings. The fourth-order valence-corrected chi connectivity index (χ4v) is 3.02. The van der Waals surface area contributed by atoms with Gasteiger partial charge in [0.05, 0.1) is 19.2 Å². The lowest BCUT2D eigenvalue weighted by Gasteiger charge is -2.25. The molecule has 0 saturated heterocycles. The van der Waals surface area contributed by atoms with Gasteiger partial charge in [-0.1, -0.05) is 12.1 Å². The molecule has 2 heterocycles. The summed E-state index contributed by atoms with van der Waals surface area (Å²) < 4.78 is 40.6. The zero-order chi connectivity index (χ0) is 24.0. The number of esters is 1. The van der Waals surface area contributed by atoms with Crippen LogP contribution in [0.5, 0.6) is 11.6 Å². The second-order valence-electron chi connectivity index (χ2n) is 8.06. The van der Waals surface area contributed by atoms with Crippen LogP contribution < -0.4 is 14.4 Å². The molecule has 0 radical (unpaired) electrons. The first-order valence-electron chi connectivity index (χ1n) is 10.2. The Morgan fingerprint density at radius 1 is 1.12 bits per heavy atom. The number of aromatic nitrogens is 2. The second-order valence-corrected chi connectivity index (χ2v) is 8.06. The molecular weight excluding hydrogens is 432 g/mol. The van der Waals surface area contributed by atoms with E-state index in [4.69, 9.17) is 9.47 Å². The van der Waals surface area contributed by atoms with Crippen LogP contribution in [0, 0.1) is 0 Å². The third-order valence-corrected chi connectivity index (χ3v) is 4.35. The molecule has 1 aromatic carbocycles. The molecule has 0 aliphatic rings. The van der Waals surface area contributed by atoms with Gasteiger partial charge in [-0.2, -0.15) is 13.8 Å². The van der Waals surface area contributed by atoms with Crippen molar-refractivity contribution in [2.75, 3.05) is 12.0 Å². The monoisotopic (exact) mass is 457 g/mol. The van der Waals surface area contributed by atoms with Crippen LogP contribution in [0.4, 0.5) is 20.3 Å². The number of rotatable bonds is 8. The van der Waals surface area contributed by atoms with E-state index in [1.54, 1.807) is 62.3 Å². The summed E-state index contributed by atoms with van der Waals surface area (Å²) in [6, 6.07) is 13.5. The maximum absolute atomic E-state index is 12.7. The Labute approximate surface area is 190 Å². The predicted molar refractivity (Wildman–Crippen MR) is 119 cm³/mol. The van der Waals surface area contributed by atoms with Gasteiger partial charge in [-0.25, -0.2) is 4.79 Å². The normalized spacial score (nSPS) is 11.2. The van der Waals surface area contributed by atoms with Gasteiger partial charge in [-0.05, 0) is 62.7 Å². The first-order chi connectivity index (χ1) is 15.7. The molecule has 0 amide bonds. The number of carbonyl (C=O) groups is 1. The van der Waals surface area contributed by atoms with Crippen molar-refractivity contribution in [2.24, 2.45) is 0 Å². The van der Waals surface area contributed by atoms with Crippen LogP contribution in [0.3, 0.4) is 0 Å². The molecular formula is C24H25F2N3O4. The summed E-state index contributed by atoms with van der Waals surface area (Å²) in [7, 11) is 1.32. The highest BCUT2D eigenvalue weighted by atomic mass is 19.3. The molecule has 174 valence electrons. The van der Waals surface area contributed by atoms with Gasteiger partial charge < -0.3 is 19.1 Å². The molecule has 0 N–H and O–H groups in total.